The van der Waals surface area contributed by atoms with Crippen LogP contribution in [-0.2, 0) is 0 Å². The van der Waals surface area contributed by atoms with Crippen molar-refractivity contribution in [2.24, 2.45) is 11.7 Å². The molecule has 0 radical (unpaired) electrons. The Bertz CT molecular complexity index is 412. The third-order valence-electron chi connectivity index (χ3n) is 2.32. The molecule has 0 bridgehead atoms. The predicted octanol–water partition coefficient (Wildman–Crippen LogP) is 4.82. The number of rotatable bonds is 4. The van der Waals surface area contributed by atoms with Gasteiger partial charge in [-0.1, -0.05) is 29.8 Å². The van der Waals surface area contributed by atoms with Gasteiger partial charge in [-0.15, -0.1) is 25.6 Å². The average molecular weight is 363 g/mol. The number of hydrogen-bond acceptors (Lipinski definition) is 2. The van der Waals surface area contributed by atoms with Crippen LogP contribution in [0.15, 0.2) is 22.7 Å². The lowest BCUT2D eigenvalue weighted by atomic mass is 9.97. The lowest BCUT2D eigenvalue weighted by molar-refractivity contribution is -0.275. The number of hydrogen-bond donors (Lipinski definition) is 1. The number of alkyl halides is 3. The second kappa shape index (κ2) is 7.36. The van der Waals surface area contributed by atoms with Crippen molar-refractivity contribution in [1.82, 2.24) is 0 Å². The van der Waals surface area contributed by atoms with E-state index >= 15 is 0 Å². The minimum Gasteiger partial charge on any atom is -0.405 e. The molecule has 19 heavy (non-hydrogen) atoms. The van der Waals surface area contributed by atoms with E-state index in [0.29, 0.717) is 16.5 Å². The van der Waals surface area contributed by atoms with E-state index in [4.69, 9.17) is 5.73 Å². The van der Waals surface area contributed by atoms with Gasteiger partial charge in [-0.25, -0.2) is 0 Å². The maximum Gasteiger partial charge on any atom is 0.573 e. The molecule has 0 aromatic heterocycles. The molecule has 0 aliphatic heterocycles. The Morgan fingerprint density at radius 2 is 1.89 bits per heavy atom. The summed E-state index contributed by atoms with van der Waals surface area (Å²) in [6, 6.07) is 3.84. The highest BCUT2D eigenvalue weighted by atomic mass is 79.9. The van der Waals surface area contributed by atoms with Gasteiger partial charge in [-0.2, -0.15) is 0 Å². The number of nitrogens with two attached hydrogens (primary N) is 1. The third kappa shape index (κ3) is 6.49. The van der Waals surface area contributed by atoms with Gasteiger partial charge in [-0.05, 0) is 30.5 Å². The minimum atomic E-state index is -4.71. The summed E-state index contributed by atoms with van der Waals surface area (Å²) in [7, 11) is 0. The van der Waals surface area contributed by atoms with Crippen LogP contribution in [0.5, 0.6) is 5.75 Å². The van der Waals surface area contributed by atoms with Gasteiger partial charge in [0.15, 0.2) is 0 Å². The fourth-order valence-corrected chi connectivity index (χ4v) is 2.04. The first kappa shape index (κ1) is 18.5. The van der Waals surface area contributed by atoms with Gasteiger partial charge in [-0.3, -0.25) is 0 Å². The summed E-state index contributed by atoms with van der Waals surface area (Å²) in [6.07, 6.45) is -4.12. The Morgan fingerprint density at radius 3 is 2.37 bits per heavy atom. The Labute approximate surface area is 125 Å². The number of ether oxygens (including phenoxy) is 1. The van der Waals surface area contributed by atoms with Crippen molar-refractivity contribution in [3.05, 3.63) is 28.2 Å². The van der Waals surface area contributed by atoms with Crippen molar-refractivity contribution in [2.75, 3.05) is 0 Å². The first-order valence-electron chi connectivity index (χ1n) is 5.50. The molecule has 1 aromatic carbocycles. The molecule has 0 aliphatic rings. The van der Waals surface area contributed by atoms with Gasteiger partial charge in [0.05, 0.1) is 0 Å². The largest absolute Gasteiger partial charge is 0.573 e. The second-order valence-electron chi connectivity index (χ2n) is 4.47. The fourth-order valence-electron chi connectivity index (χ4n) is 1.66. The van der Waals surface area contributed by atoms with Gasteiger partial charge >= 0.3 is 6.36 Å². The lowest BCUT2D eigenvalue weighted by Gasteiger charge is -2.19. The van der Waals surface area contributed by atoms with E-state index < -0.39 is 12.4 Å². The summed E-state index contributed by atoms with van der Waals surface area (Å²) in [6.45, 7) is 3.92. The molecule has 2 nitrogen and oxygen atoms in total. The Morgan fingerprint density at radius 1 is 1.32 bits per heavy atom. The van der Waals surface area contributed by atoms with Crippen LogP contribution in [-0.4, -0.2) is 6.36 Å². The average Bonchev–Trinajstić information content (AvgIpc) is 2.17. The molecular weight excluding hydrogens is 346 g/mol. The van der Waals surface area contributed by atoms with E-state index in [-0.39, 0.29) is 24.1 Å². The molecule has 0 spiro atoms. The van der Waals surface area contributed by atoms with Crippen molar-refractivity contribution >= 4 is 28.3 Å². The standard InChI is InChI=1S/C12H15BrF3NO.ClH/c1-7(2)5-10(17)9-6-8(13)3-4-11(9)18-12(14,15)16;/h3-4,6-7,10H,5,17H2,1-2H3;1H/t10-;/m0./s1. The maximum atomic E-state index is 12.3. The van der Waals surface area contributed by atoms with Crippen molar-refractivity contribution in [3.63, 3.8) is 0 Å². The van der Waals surface area contributed by atoms with Crippen LogP contribution in [0, 0.1) is 5.92 Å². The van der Waals surface area contributed by atoms with Crippen LogP contribution in [0.1, 0.15) is 31.9 Å². The molecule has 1 aromatic rings. The zero-order valence-corrected chi connectivity index (χ0v) is 12.9. The van der Waals surface area contributed by atoms with E-state index in [0.717, 1.165) is 0 Å². The van der Waals surface area contributed by atoms with Crippen molar-refractivity contribution in [2.45, 2.75) is 32.7 Å². The molecule has 0 fully saturated rings. The number of benzene rings is 1. The van der Waals surface area contributed by atoms with Gasteiger partial charge in [0, 0.05) is 16.1 Å². The first-order valence-corrected chi connectivity index (χ1v) is 6.29. The summed E-state index contributed by atoms with van der Waals surface area (Å²) in [5, 5.41) is 0. The highest BCUT2D eigenvalue weighted by molar-refractivity contribution is 9.10. The molecule has 2 N–H and O–H groups in total. The van der Waals surface area contributed by atoms with Crippen LogP contribution < -0.4 is 10.5 Å². The molecule has 0 saturated heterocycles. The van der Waals surface area contributed by atoms with Crippen LogP contribution in [0.3, 0.4) is 0 Å². The van der Waals surface area contributed by atoms with E-state index in [2.05, 4.69) is 20.7 Å². The SMILES string of the molecule is CC(C)C[C@H](N)c1cc(Br)ccc1OC(F)(F)F.Cl. The Balaban J connectivity index is 0.00000324. The highest BCUT2D eigenvalue weighted by Gasteiger charge is 2.32. The van der Waals surface area contributed by atoms with E-state index in [1.54, 1.807) is 6.07 Å². The summed E-state index contributed by atoms with van der Waals surface area (Å²) in [5.41, 5.74) is 6.27. The van der Waals surface area contributed by atoms with Crippen molar-refractivity contribution < 1.29 is 17.9 Å². The molecule has 7 heteroatoms. The Kier molecular flexibility index (Phi) is 7.18. The normalized spacial score (nSPS) is 13.1. The molecule has 1 atom stereocenters. The predicted molar refractivity (Wildman–Crippen MR) is 74.5 cm³/mol. The van der Waals surface area contributed by atoms with Crippen molar-refractivity contribution in [3.8, 4) is 5.75 Å². The first-order chi connectivity index (χ1) is 8.19. The minimum absolute atomic E-state index is 0. The molecule has 1 rings (SSSR count). The van der Waals surface area contributed by atoms with Crippen LogP contribution in [0.2, 0.25) is 0 Å². The molecule has 0 unspecified atom stereocenters. The van der Waals surface area contributed by atoms with Crippen LogP contribution >= 0.6 is 28.3 Å². The Hall–Kier alpha value is -0.460. The topological polar surface area (TPSA) is 35.2 Å². The van der Waals surface area contributed by atoms with Gasteiger partial charge in [0.25, 0.3) is 0 Å². The summed E-state index contributed by atoms with van der Waals surface area (Å²) < 4.78 is 41.5. The molecule has 0 amide bonds. The summed E-state index contributed by atoms with van der Waals surface area (Å²) >= 11 is 3.22. The molecular formula is C12H16BrClF3NO. The highest BCUT2D eigenvalue weighted by Crippen LogP contribution is 2.33. The van der Waals surface area contributed by atoms with Crippen molar-refractivity contribution in [1.29, 1.82) is 0 Å². The molecule has 0 aliphatic carbocycles. The van der Waals surface area contributed by atoms with Gasteiger partial charge in [0.2, 0.25) is 0 Å². The summed E-state index contributed by atoms with van der Waals surface area (Å²) in [4.78, 5) is 0. The zero-order valence-electron chi connectivity index (χ0n) is 10.5. The summed E-state index contributed by atoms with van der Waals surface area (Å²) in [5.74, 6) is 0.0524. The van der Waals surface area contributed by atoms with Crippen LogP contribution in [0.25, 0.3) is 0 Å². The molecule has 110 valence electrons. The van der Waals surface area contributed by atoms with Crippen LogP contribution in [0.4, 0.5) is 13.2 Å². The maximum absolute atomic E-state index is 12.3. The zero-order chi connectivity index (χ0) is 13.9. The third-order valence-corrected chi connectivity index (χ3v) is 2.82. The van der Waals surface area contributed by atoms with Gasteiger partial charge < -0.3 is 10.5 Å². The lowest BCUT2D eigenvalue weighted by Crippen LogP contribution is -2.21. The van der Waals surface area contributed by atoms with E-state index in [1.165, 1.54) is 12.1 Å². The molecule has 0 saturated carbocycles. The number of halogens is 5. The second-order valence-corrected chi connectivity index (χ2v) is 5.38. The monoisotopic (exact) mass is 361 g/mol. The van der Waals surface area contributed by atoms with E-state index in [1.807, 2.05) is 13.8 Å². The van der Waals surface area contributed by atoms with E-state index in [9.17, 15) is 13.2 Å². The smallest absolute Gasteiger partial charge is 0.405 e. The quantitative estimate of drug-likeness (QED) is 0.834. The fraction of sp³-hybridized carbons (Fsp3) is 0.500. The van der Waals surface area contributed by atoms with Gasteiger partial charge in [0.1, 0.15) is 5.75 Å². The molecule has 0 heterocycles.